The Morgan fingerprint density at radius 3 is 3.26 bits per heavy atom. The van der Waals surface area contributed by atoms with Crippen LogP contribution < -0.4 is 5.56 Å². The van der Waals surface area contributed by atoms with Crippen LogP contribution in [0.5, 0.6) is 0 Å². The van der Waals surface area contributed by atoms with Gasteiger partial charge in [-0.1, -0.05) is 6.92 Å². The van der Waals surface area contributed by atoms with Gasteiger partial charge in [-0.2, -0.15) is 0 Å². The molecular formula is C13H17N3O2S. The lowest BCUT2D eigenvalue weighted by Gasteiger charge is -2.33. The number of rotatable bonds is 2. The Bertz CT molecular complexity index is 636. The average molecular weight is 279 g/mol. The van der Waals surface area contributed by atoms with Gasteiger partial charge in [0.2, 0.25) is 0 Å². The van der Waals surface area contributed by atoms with Crippen LogP contribution in [0.15, 0.2) is 16.2 Å². The molecule has 0 spiro atoms. The molecule has 1 aliphatic heterocycles. The van der Waals surface area contributed by atoms with Gasteiger partial charge >= 0.3 is 0 Å². The third-order valence-electron chi connectivity index (χ3n) is 3.74. The van der Waals surface area contributed by atoms with E-state index in [-0.39, 0.29) is 11.7 Å². The summed E-state index contributed by atoms with van der Waals surface area (Å²) in [5.41, 5.74) is 0.690. The van der Waals surface area contributed by atoms with Crippen LogP contribution in [0.3, 0.4) is 0 Å². The highest BCUT2D eigenvalue weighted by atomic mass is 32.1. The summed E-state index contributed by atoms with van der Waals surface area (Å²) in [5, 5.41) is 11.8. The fourth-order valence-electron chi connectivity index (χ4n) is 2.47. The molecule has 1 fully saturated rings. The van der Waals surface area contributed by atoms with Gasteiger partial charge in [-0.3, -0.25) is 9.69 Å². The molecule has 0 bridgehead atoms. The standard InChI is InChI=1S/C13H17N3O2S/c1-8-2-4-16(6-10(8)17)7-11-14-9-3-5-19-12(9)13(18)15-11/h3,5,8,10,17H,2,4,6-7H2,1H3,(H,14,15,18). The number of β-amino-alcohol motifs (C(OH)–C–C–N with tert-alkyl or cyclic N) is 1. The van der Waals surface area contributed by atoms with Crippen LogP contribution >= 0.6 is 11.3 Å². The highest BCUT2D eigenvalue weighted by Gasteiger charge is 2.24. The number of thiophene rings is 1. The highest BCUT2D eigenvalue weighted by Crippen LogP contribution is 2.19. The van der Waals surface area contributed by atoms with Gasteiger partial charge in [-0.25, -0.2) is 4.98 Å². The molecule has 3 heterocycles. The van der Waals surface area contributed by atoms with Crippen LogP contribution in [0.2, 0.25) is 0 Å². The summed E-state index contributed by atoms with van der Waals surface area (Å²) in [6.45, 7) is 4.24. The fraction of sp³-hybridized carbons (Fsp3) is 0.538. The van der Waals surface area contributed by atoms with Crippen LogP contribution in [-0.4, -0.2) is 39.2 Å². The number of likely N-dealkylation sites (tertiary alicyclic amines) is 1. The lowest BCUT2D eigenvalue weighted by atomic mass is 9.96. The fourth-order valence-corrected chi connectivity index (χ4v) is 3.19. The second-order valence-electron chi connectivity index (χ2n) is 5.22. The van der Waals surface area contributed by atoms with E-state index in [0.717, 1.165) is 18.5 Å². The topological polar surface area (TPSA) is 69.2 Å². The molecule has 2 aromatic rings. The first-order valence-corrected chi connectivity index (χ1v) is 7.38. The van der Waals surface area contributed by atoms with Gasteiger partial charge in [-0.05, 0) is 30.3 Å². The molecule has 102 valence electrons. The minimum Gasteiger partial charge on any atom is -0.392 e. The van der Waals surface area contributed by atoms with Crippen molar-refractivity contribution in [2.24, 2.45) is 5.92 Å². The molecule has 0 amide bonds. The molecule has 2 aromatic heterocycles. The van der Waals surface area contributed by atoms with E-state index in [0.29, 0.717) is 29.5 Å². The third kappa shape index (κ3) is 2.56. The van der Waals surface area contributed by atoms with Crippen molar-refractivity contribution < 1.29 is 5.11 Å². The van der Waals surface area contributed by atoms with Crippen molar-refractivity contribution in [3.05, 3.63) is 27.6 Å². The Hall–Kier alpha value is -1.24. The second-order valence-corrected chi connectivity index (χ2v) is 6.13. The molecule has 5 nitrogen and oxygen atoms in total. The molecular weight excluding hydrogens is 262 g/mol. The van der Waals surface area contributed by atoms with E-state index in [2.05, 4.69) is 21.8 Å². The number of nitrogens with zero attached hydrogens (tertiary/aromatic N) is 2. The number of aromatic amines is 1. The van der Waals surface area contributed by atoms with Crippen LogP contribution in [0.4, 0.5) is 0 Å². The SMILES string of the molecule is CC1CCN(Cc2nc3ccsc3c(=O)[nH]2)CC1O. The first kappa shape index (κ1) is 12.8. The van der Waals surface area contributed by atoms with Crippen LogP contribution in [0.25, 0.3) is 10.2 Å². The summed E-state index contributed by atoms with van der Waals surface area (Å²) in [6, 6.07) is 1.87. The Labute approximate surface area is 114 Å². The van der Waals surface area contributed by atoms with Crippen molar-refractivity contribution in [1.82, 2.24) is 14.9 Å². The molecule has 2 unspecified atom stereocenters. The van der Waals surface area contributed by atoms with E-state index in [9.17, 15) is 9.90 Å². The number of aliphatic hydroxyl groups excluding tert-OH is 1. The lowest BCUT2D eigenvalue weighted by molar-refractivity contribution is 0.0249. The predicted octanol–water partition coefficient (Wildman–Crippen LogP) is 1.19. The molecule has 1 saturated heterocycles. The Morgan fingerprint density at radius 1 is 1.63 bits per heavy atom. The molecule has 6 heteroatoms. The van der Waals surface area contributed by atoms with E-state index in [1.807, 2.05) is 11.4 Å². The summed E-state index contributed by atoms with van der Waals surface area (Å²) < 4.78 is 0.677. The number of nitrogens with one attached hydrogen (secondary N) is 1. The van der Waals surface area contributed by atoms with Gasteiger partial charge in [0.15, 0.2) is 0 Å². The summed E-state index contributed by atoms with van der Waals surface area (Å²) in [4.78, 5) is 21.3. The van der Waals surface area contributed by atoms with Crippen molar-refractivity contribution in [3.63, 3.8) is 0 Å². The maximum Gasteiger partial charge on any atom is 0.268 e. The molecule has 0 aromatic carbocycles. The summed E-state index contributed by atoms with van der Waals surface area (Å²) >= 11 is 1.41. The van der Waals surface area contributed by atoms with Crippen molar-refractivity contribution in [2.75, 3.05) is 13.1 Å². The number of piperidine rings is 1. The van der Waals surface area contributed by atoms with E-state index >= 15 is 0 Å². The molecule has 0 radical (unpaired) electrons. The summed E-state index contributed by atoms with van der Waals surface area (Å²) in [6.07, 6.45) is 0.692. The molecule has 2 atom stereocenters. The monoisotopic (exact) mass is 279 g/mol. The summed E-state index contributed by atoms with van der Waals surface area (Å²) in [7, 11) is 0. The van der Waals surface area contributed by atoms with E-state index in [1.54, 1.807) is 0 Å². The zero-order valence-corrected chi connectivity index (χ0v) is 11.6. The molecule has 0 saturated carbocycles. The van der Waals surface area contributed by atoms with Crippen LogP contribution in [0.1, 0.15) is 19.2 Å². The van der Waals surface area contributed by atoms with E-state index < -0.39 is 0 Å². The molecule has 0 aliphatic carbocycles. The van der Waals surface area contributed by atoms with Crippen molar-refractivity contribution in [1.29, 1.82) is 0 Å². The largest absolute Gasteiger partial charge is 0.392 e. The van der Waals surface area contributed by atoms with Crippen LogP contribution in [0, 0.1) is 5.92 Å². The highest BCUT2D eigenvalue weighted by molar-refractivity contribution is 7.17. The Morgan fingerprint density at radius 2 is 2.47 bits per heavy atom. The number of H-pyrrole nitrogens is 1. The minimum atomic E-state index is -0.287. The van der Waals surface area contributed by atoms with E-state index in [4.69, 9.17) is 0 Å². The zero-order valence-electron chi connectivity index (χ0n) is 10.8. The predicted molar refractivity (Wildman–Crippen MR) is 75.3 cm³/mol. The maximum absolute atomic E-state index is 11.9. The molecule has 19 heavy (non-hydrogen) atoms. The van der Waals surface area contributed by atoms with Crippen molar-refractivity contribution >= 4 is 21.6 Å². The van der Waals surface area contributed by atoms with Gasteiger partial charge < -0.3 is 10.1 Å². The number of hydrogen-bond acceptors (Lipinski definition) is 5. The Balaban J connectivity index is 1.80. The number of aliphatic hydroxyl groups is 1. The molecule has 2 N–H and O–H groups in total. The normalized spacial score (nSPS) is 24.9. The Kier molecular flexibility index (Phi) is 3.38. The van der Waals surface area contributed by atoms with Gasteiger partial charge in [-0.15, -0.1) is 11.3 Å². The second kappa shape index (κ2) is 5.03. The number of fused-ring (bicyclic) bond motifs is 1. The van der Waals surface area contributed by atoms with Gasteiger partial charge in [0, 0.05) is 6.54 Å². The van der Waals surface area contributed by atoms with Crippen LogP contribution in [-0.2, 0) is 6.54 Å². The number of aromatic nitrogens is 2. The first-order chi connectivity index (χ1) is 9.13. The molecule has 3 rings (SSSR count). The van der Waals surface area contributed by atoms with Gasteiger partial charge in [0.05, 0.1) is 18.2 Å². The van der Waals surface area contributed by atoms with E-state index in [1.165, 1.54) is 11.3 Å². The average Bonchev–Trinajstić information content (AvgIpc) is 2.82. The van der Waals surface area contributed by atoms with Gasteiger partial charge in [0.25, 0.3) is 5.56 Å². The van der Waals surface area contributed by atoms with Crippen molar-refractivity contribution in [3.8, 4) is 0 Å². The first-order valence-electron chi connectivity index (χ1n) is 6.50. The zero-order chi connectivity index (χ0) is 13.4. The minimum absolute atomic E-state index is 0.0686. The quantitative estimate of drug-likeness (QED) is 0.866. The van der Waals surface area contributed by atoms with Crippen molar-refractivity contribution in [2.45, 2.75) is 26.0 Å². The molecule has 1 aliphatic rings. The maximum atomic E-state index is 11.9. The summed E-state index contributed by atoms with van der Waals surface area (Å²) in [5.74, 6) is 1.03. The third-order valence-corrected chi connectivity index (χ3v) is 4.64. The lowest BCUT2D eigenvalue weighted by Crippen LogP contribution is -2.42. The van der Waals surface area contributed by atoms with Gasteiger partial charge in [0.1, 0.15) is 10.5 Å². The number of hydrogen-bond donors (Lipinski definition) is 2. The smallest absolute Gasteiger partial charge is 0.268 e.